The Labute approximate surface area is 136 Å². The van der Waals surface area contributed by atoms with Gasteiger partial charge in [-0.3, -0.25) is 4.79 Å². The third-order valence-electron chi connectivity index (χ3n) is 4.78. The van der Waals surface area contributed by atoms with Crippen LogP contribution in [0.25, 0.3) is 0 Å². The summed E-state index contributed by atoms with van der Waals surface area (Å²) in [5.74, 6) is 2.86. The SMILES string of the molecule is CSCc1ccc(C(=O)N2CCCCC2C2CCOCC2)o1. The second-order valence-corrected chi connectivity index (χ2v) is 7.08. The van der Waals surface area contributed by atoms with E-state index < -0.39 is 0 Å². The van der Waals surface area contributed by atoms with Crippen LogP contribution in [-0.2, 0) is 10.5 Å². The molecule has 5 heteroatoms. The monoisotopic (exact) mass is 323 g/mol. The van der Waals surface area contributed by atoms with Crippen molar-refractivity contribution in [2.45, 2.75) is 43.9 Å². The maximum Gasteiger partial charge on any atom is 0.289 e. The molecule has 0 radical (unpaired) electrons. The van der Waals surface area contributed by atoms with Gasteiger partial charge in [-0.05, 0) is 56.4 Å². The van der Waals surface area contributed by atoms with Crippen LogP contribution in [0.1, 0.15) is 48.4 Å². The average molecular weight is 323 g/mol. The van der Waals surface area contributed by atoms with Crippen molar-refractivity contribution in [2.24, 2.45) is 5.92 Å². The van der Waals surface area contributed by atoms with Gasteiger partial charge in [0.1, 0.15) is 5.76 Å². The number of furan rings is 1. The Morgan fingerprint density at radius 1 is 1.27 bits per heavy atom. The number of likely N-dealkylation sites (tertiary alicyclic amines) is 1. The minimum atomic E-state index is 0.0727. The number of amides is 1. The number of hydrogen-bond acceptors (Lipinski definition) is 4. The standard InChI is InChI=1S/C17H25NO3S/c1-22-12-14-5-6-16(21-14)17(19)18-9-3-2-4-15(18)13-7-10-20-11-8-13/h5-6,13,15H,2-4,7-12H2,1H3. The van der Waals surface area contributed by atoms with Crippen molar-refractivity contribution in [3.63, 3.8) is 0 Å². The van der Waals surface area contributed by atoms with Gasteiger partial charge in [-0.2, -0.15) is 11.8 Å². The smallest absolute Gasteiger partial charge is 0.289 e. The first-order valence-corrected chi connectivity index (χ1v) is 9.65. The summed E-state index contributed by atoms with van der Waals surface area (Å²) in [5, 5.41) is 0. The molecule has 1 aromatic heterocycles. The van der Waals surface area contributed by atoms with Crippen LogP contribution in [0, 0.1) is 5.92 Å². The van der Waals surface area contributed by atoms with E-state index in [2.05, 4.69) is 4.90 Å². The molecule has 0 aromatic carbocycles. The summed E-state index contributed by atoms with van der Waals surface area (Å²) in [5.41, 5.74) is 0. The van der Waals surface area contributed by atoms with E-state index in [4.69, 9.17) is 9.15 Å². The fraction of sp³-hybridized carbons (Fsp3) is 0.706. The first-order valence-electron chi connectivity index (χ1n) is 8.26. The Hall–Kier alpha value is -0.940. The van der Waals surface area contributed by atoms with Gasteiger partial charge in [0.25, 0.3) is 5.91 Å². The van der Waals surface area contributed by atoms with Crippen LogP contribution < -0.4 is 0 Å². The van der Waals surface area contributed by atoms with E-state index in [1.807, 2.05) is 18.4 Å². The number of nitrogens with zero attached hydrogens (tertiary/aromatic N) is 1. The highest BCUT2D eigenvalue weighted by Gasteiger charge is 2.35. The van der Waals surface area contributed by atoms with Crippen molar-refractivity contribution in [1.29, 1.82) is 0 Å². The zero-order valence-corrected chi connectivity index (χ0v) is 14.1. The van der Waals surface area contributed by atoms with E-state index in [1.165, 1.54) is 6.42 Å². The molecule has 0 bridgehead atoms. The number of hydrogen-bond donors (Lipinski definition) is 0. The molecule has 1 aromatic rings. The highest BCUT2D eigenvalue weighted by molar-refractivity contribution is 7.97. The predicted octanol–water partition coefficient (Wildman–Crippen LogP) is 3.56. The summed E-state index contributed by atoms with van der Waals surface area (Å²) in [4.78, 5) is 14.9. The minimum absolute atomic E-state index is 0.0727. The van der Waals surface area contributed by atoms with Crippen LogP contribution in [-0.4, -0.2) is 42.9 Å². The Kier molecular flexibility index (Phi) is 5.47. The van der Waals surface area contributed by atoms with E-state index in [0.29, 0.717) is 17.7 Å². The van der Waals surface area contributed by atoms with E-state index in [-0.39, 0.29) is 5.91 Å². The predicted molar refractivity (Wildman–Crippen MR) is 88.1 cm³/mol. The normalized spacial score (nSPS) is 23.7. The Bertz CT molecular complexity index is 496. The molecule has 3 heterocycles. The van der Waals surface area contributed by atoms with E-state index in [1.54, 1.807) is 11.8 Å². The molecule has 1 amide bonds. The minimum Gasteiger partial charge on any atom is -0.455 e. The van der Waals surface area contributed by atoms with Crippen molar-refractivity contribution >= 4 is 17.7 Å². The average Bonchev–Trinajstić information content (AvgIpc) is 3.04. The summed E-state index contributed by atoms with van der Waals surface area (Å²) < 4.78 is 11.2. The molecule has 22 heavy (non-hydrogen) atoms. The van der Waals surface area contributed by atoms with Gasteiger partial charge in [0.15, 0.2) is 5.76 Å². The van der Waals surface area contributed by atoms with Crippen molar-refractivity contribution in [3.8, 4) is 0 Å². The van der Waals surface area contributed by atoms with Crippen molar-refractivity contribution in [2.75, 3.05) is 26.0 Å². The molecule has 122 valence electrons. The highest BCUT2D eigenvalue weighted by Crippen LogP contribution is 2.31. The van der Waals surface area contributed by atoms with Crippen LogP contribution in [0.4, 0.5) is 0 Å². The van der Waals surface area contributed by atoms with Crippen LogP contribution in [0.15, 0.2) is 16.5 Å². The van der Waals surface area contributed by atoms with Crippen LogP contribution in [0.2, 0.25) is 0 Å². The number of rotatable bonds is 4. The molecule has 2 aliphatic rings. The maximum absolute atomic E-state index is 12.9. The number of piperidine rings is 1. The van der Waals surface area contributed by atoms with Gasteiger partial charge >= 0.3 is 0 Å². The summed E-state index contributed by atoms with van der Waals surface area (Å²) in [6.07, 6.45) is 7.63. The summed E-state index contributed by atoms with van der Waals surface area (Å²) in [7, 11) is 0. The second-order valence-electron chi connectivity index (χ2n) is 6.21. The molecule has 1 atom stereocenters. The van der Waals surface area contributed by atoms with E-state index in [0.717, 1.165) is 57.0 Å². The van der Waals surface area contributed by atoms with E-state index in [9.17, 15) is 4.79 Å². The zero-order chi connectivity index (χ0) is 15.4. The molecular formula is C17H25NO3S. The molecule has 0 spiro atoms. The molecule has 0 aliphatic carbocycles. The van der Waals surface area contributed by atoms with Crippen molar-refractivity contribution in [3.05, 3.63) is 23.7 Å². The van der Waals surface area contributed by atoms with Crippen molar-refractivity contribution in [1.82, 2.24) is 4.90 Å². The summed E-state index contributed by atoms with van der Waals surface area (Å²) in [6.45, 7) is 2.53. The lowest BCUT2D eigenvalue weighted by Gasteiger charge is -2.41. The first-order chi connectivity index (χ1) is 10.8. The summed E-state index contributed by atoms with van der Waals surface area (Å²) >= 11 is 1.71. The number of carbonyl (C=O) groups is 1. The number of ether oxygens (including phenoxy) is 1. The molecule has 2 aliphatic heterocycles. The molecule has 0 N–H and O–H groups in total. The van der Waals surface area contributed by atoms with Crippen LogP contribution in [0.5, 0.6) is 0 Å². The second kappa shape index (κ2) is 7.55. The highest BCUT2D eigenvalue weighted by atomic mass is 32.2. The first kappa shape index (κ1) is 15.9. The van der Waals surface area contributed by atoms with Gasteiger partial charge in [-0.25, -0.2) is 0 Å². The fourth-order valence-electron chi connectivity index (χ4n) is 3.65. The van der Waals surface area contributed by atoms with Gasteiger partial charge in [0.2, 0.25) is 0 Å². The van der Waals surface area contributed by atoms with E-state index >= 15 is 0 Å². The molecule has 2 saturated heterocycles. The molecule has 3 rings (SSSR count). The van der Waals surface area contributed by atoms with Crippen LogP contribution >= 0.6 is 11.8 Å². The van der Waals surface area contributed by atoms with Crippen molar-refractivity contribution < 1.29 is 13.9 Å². The molecule has 0 saturated carbocycles. The molecule has 4 nitrogen and oxygen atoms in total. The zero-order valence-electron chi connectivity index (χ0n) is 13.3. The lowest BCUT2D eigenvalue weighted by atomic mass is 9.85. The largest absolute Gasteiger partial charge is 0.455 e. The third kappa shape index (κ3) is 3.51. The van der Waals surface area contributed by atoms with Gasteiger partial charge in [0.05, 0.1) is 5.75 Å². The number of thioether (sulfide) groups is 1. The Balaban J connectivity index is 1.72. The third-order valence-corrected chi connectivity index (χ3v) is 5.35. The molecule has 1 unspecified atom stereocenters. The topological polar surface area (TPSA) is 42.7 Å². The lowest BCUT2D eigenvalue weighted by Crippen LogP contribution is -2.48. The number of carbonyl (C=O) groups excluding carboxylic acids is 1. The Morgan fingerprint density at radius 2 is 2.09 bits per heavy atom. The maximum atomic E-state index is 12.9. The molecular weight excluding hydrogens is 298 g/mol. The quantitative estimate of drug-likeness (QED) is 0.849. The fourth-order valence-corrected chi connectivity index (χ4v) is 4.09. The van der Waals surface area contributed by atoms with Gasteiger partial charge in [0, 0.05) is 25.8 Å². The van der Waals surface area contributed by atoms with Gasteiger partial charge in [-0.15, -0.1) is 0 Å². The molecule has 2 fully saturated rings. The van der Waals surface area contributed by atoms with Crippen LogP contribution in [0.3, 0.4) is 0 Å². The summed E-state index contributed by atoms with van der Waals surface area (Å²) in [6, 6.07) is 4.12. The Morgan fingerprint density at radius 3 is 2.86 bits per heavy atom. The van der Waals surface area contributed by atoms with Gasteiger partial charge < -0.3 is 14.1 Å². The lowest BCUT2D eigenvalue weighted by molar-refractivity contribution is 0.0117. The van der Waals surface area contributed by atoms with Gasteiger partial charge in [-0.1, -0.05) is 0 Å².